The van der Waals surface area contributed by atoms with Crippen molar-refractivity contribution >= 4 is 15.8 Å². The number of benzene rings is 1. The van der Waals surface area contributed by atoms with Gasteiger partial charge in [0.1, 0.15) is 15.6 Å². The predicted octanol–water partition coefficient (Wildman–Crippen LogP) is 2.60. The maximum Gasteiger partial charge on any atom is 0.191 e. The molecule has 0 aliphatic carbocycles. The number of nitrogens with zero attached hydrogens (tertiary/aromatic N) is 1. The second-order valence-electron chi connectivity index (χ2n) is 7.13. The molecule has 0 aliphatic heterocycles. The summed E-state index contributed by atoms with van der Waals surface area (Å²) < 4.78 is 28.4. The zero-order valence-corrected chi connectivity index (χ0v) is 17.4. The van der Waals surface area contributed by atoms with Crippen molar-refractivity contribution < 1.29 is 13.2 Å². The van der Waals surface area contributed by atoms with Gasteiger partial charge in [-0.25, -0.2) is 13.4 Å². The predicted molar refractivity (Wildman–Crippen MR) is 109 cm³/mol. The number of para-hydroxylation sites is 1. The minimum Gasteiger partial charge on any atom is -0.494 e. The fraction of sp³-hybridized carbons (Fsp3) is 0.632. The number of ether oxygens (including phenoxy) is 1. The Labute approximate surface area is 158 Å². The van der Waals surface area contributed by atoms with Crippen LogP contribution in [0.2, 0.25) is 0 Å². The van der Waals surface area contributed by atoms with Gasteiger partial charge in [0.2, 0.25) is 0 Å². The van der Waals surface area contributed by atoms with E-state index in [-0.39, 0.29) is 11.2 Å². The molecule has 0 spiro atoms. The number of hydrogen-bond acceptors (Lipinski definition) is 4. The molecular formula is C19H33N3O3S. The Morgan fingerprint density at radius 1 is 1.19 bits per heavy atom. The summed E-state index contributed by atoms with van der Waals surface area (Å²) in [5.41, 5.74) is 0.880. The van der Waals surface area contributed by atoms with E-state index in [1.54, 1.807) is 0 Å². The summed E-state index contributed by atoms with van der Waals surface area (Å²) in [5.74, 6) is 1.76. The number of rotatable bonds is 10. The Hall–Kier alpha value is -1.76. The van der Waals surface area contributed by atoms with Gasteiger partial charge in [0.05, 0.1) is 18.9 Å². The van der Waals surface area contributed by atoms with Crippen molar-refractivity contribution in [2.24, 2.45) is 10.4 Å². The molecule has 0 amide bonds. The average molecular weight is 384 g/mol. The molecule has 6 nitrogen and oxygen atoms in total. The van der Waals surface area contributed by atoms with Crippen LogP contribution in [0.15, 0.2) is 29.3 Å². The van der Waals surface area contributed by atoms with Crippen molar-refractivity contribution in [3.05, 3.63) is 29.8 Å². The van der Waals surface area contributed by atoms with Crippen LogP contribution in [0.4, 0.5) is 0 Å². The van der Waals surface area contributed by atoms with Crippen LogP contribution in [0.25, 0.3) is 0 Å². The minimum absolute atomic E-state index is 0.150. The van der Waals surface area contributed by atoms with Crippen molar-refractivity contribution in [3.8, 4) is 5.75 Å². The molecule has 7 heteroatoms. The molecule has 1 aromatic carbocycles. The van der Waals surface area contributed by atoms with E-state index in [0.717, 1.165) is 17.9 Å². The maximum absolute atomic E-state index is 11.4. The van der Waals surface area contributed by atoms with Gasteiger partial charge in [0, 0.05) is 24.9 Å². The molecule has 0 saturated carbocycles. The van der Waals surface area contributed by atoms with Crippen LogP contribution < -0.4 is 15.4 Å². The minimum atomic E-state index is -2.95. The highest BCUT2D eigenvalue weighted by Gasteiger charge is 2.20. The van der Waals surface area contributed by atoms with Crippen LogP contribution in [0.5, 0.6) is 5.75 Å². The molecular weight excluding hydrogens is 350 g/mol. The fourth-order valence-corrected chi connectivity index (χ4v) is 3.23. The van der Waals surface area contributed by atoms with Crippen molar-refractivity contribution in [1.29, 1.82) is 0 Å². The summed E-state index contributed by atoms with van der Waals surface area (Å²) in [6.07, 6.45) is 1.88. The number of sulfone groups is 1. The van der Waals surface area contributed by atoms with Gasteiger partial charge in [0.25, 0.3) is 0 Å². The first-order valence-corrected chi connectivity index (χ1v) is 11.1. The van der Waals surface area contributed by atoms with Crippen molar-refractivity contribution in [3.63, 3.8) is 0 Å². The lowest BCUT2D eigenvalue weighted by Gasteiger charge is -2.25. The van der Waals surface area contributed by atoms with Crippen LogP contribution in [0.1, 0.15) is 39.7 Å². The summed E-state index contributed by atoms with van der Waals surface area (Å²) in [4.78, 5) is 4.63. The second-order valence-corrected chi connectivity index (χ2v) is 9.39. The molecule has 1 rings (SSSR count). The smallest absolute Gasteiger partial charge is 0.191 e. The first kappa shape index (κ1) is 22.3. The number of nitrogens with one attached hydrogen (secondary N) is 2. The molecule has 0 heterocycles. The Balaban J connectivity index is 2.72. The van der Waals surface area contributed by atoms with Gasteiger partial charge in [-0.15, -0.1) is 0 Å². The van der Waals surface area contributed by atoms with Gasteiger partial charge < -0.3 is 15.4 Å². The van der Waals surface area contributed by atoms with Crippen LogP contribution in [0, 0.1) is 5.41 Å². The van der Waals surface area contributed by atoms with Gasteiger partial charge in [-0.1, -0.05) is 32.0 Å². The molecule has 0 atom stereocenters. The van der Waals surface area contributed by atoms with Gasteiger partial charge in [0.15, 0.2) is 5.96 Å². The van der Waals surface area contributed by atoms with Gasteiger partial charge in [-0.2, -0.15) is 0 Å². The molecule has 0 aliphatic rings. The Morgan fingerprint density at radius 3 is 2.50 bits per heavy atom. The van der Waals surface area contributed by atoms with E-state index < -0.39 is 9.84 Å². The van der Waals surface area contributed by atoms with E-state index in [1.165, 1.54) is 6.26 Å². The van der Waals surface area contributed by atoms with Crippen molar-refractivity contribution in [1.82, 2.24) is 10.6 Å². The highest BCUT2D eigenvalue weighted by molar-refractivity contribution is 7.90. The van der Waals surface area contributed by atoms with Crippen LogP contribution in [-0.2, 0) is 16.4 Å². The maximum atomic E-state index is 11.4. The van der Waals surface area contributed by atoms with Crippen molar-refractivity contribution in [2.45, 2.75) is 40.7 Å². The van der Waals surface area contributed by atoms with Gasteiger partial charge in [-0.3, -0.25) is 0 Å². The van der Waals surface area contributed by atoms with E-state index in [2.05, 4.69) is 29.5 Å². The molecule has 148 valence electrons. The lowest BCUT2D eigenvalue weighted by molar-refractivity contribution is 0.336. The molecule has 0 unspecified atom stereocenters. The number of aliphatic imine (C=N–C) groups is 1. The zero-order valence-electron chi connectivity index (χ0n) is 16.6. The second kappa shape index (κ2) is 10.4. The van der Waals surface area contributed by atoms with Crippen LogP contribution in [0.3, 0.4) is 0 Å². The lowest BCUT2D eigenvalue weighted by Crippen LogP contribution is -2.42. The topological polar surface area (TPSA) is 79.8 Å². The SMILES string of the molecule is CCNC(=NCc1ccccc1OCC)NCC(C)(C)CCS(C)(=O)=O. The normalized spacial score (nSPS) is 12.7. The number of guanidine groups is 1. The number of hydrogen-bond donors (Lipinski definition) is 2. The molecule has 0 saturated heterocycles. The van der Waals surface area contributed by atoms with E-state index in [0.29, 0.717) is 32.1 Å². The molecule has 0 aromatic heterocycles. The quantitative estimate of drug-likeness (QED) is 0.479. The average Bonchev–Trinajstić information content (AvgIpc) is 2.57. The van der Waals surface area contributed by atoms with E-state index in [4.69, 9.17) is 4.74 Å². The zero-order chi connectivity index (χ0) is 19.6. The third kappa shape index (κ3) is 9.08. The van der Waals surface area contributed by atoms with E-state index in [9.17, 15) is 8.42 Å². The lowest BCUT2D eigenvalue weighted by atomic mass is 9.90. The Bertz CT molecular complexity index is 685. The van der Waals surface area contributed by atoms with Crippen LogP contribution >= 0.6 is 0 Å². The molecule has 26 heavy (non-hydrogen) atoms. The van der Waals surface area contributed by atoms with Crippen LogP contribution in [-0.4, -0.2) is 46.1 Å². The molecule has 0 bridgehead atoms. The highest BCUT2D eigenvalue weighted by Crippen LogP contribution is 2.20. The van der Waals surface area contributed by atoms with E-state index in [1.807, 2.05) is 38.1 Å². The monoisotopic (exact) mass is 383 g/mol. The Morgan fingerprint density at radius 2 is 1.88 bits per heavy atom. The van der Waals surface area contributed by atoms with Gasteiger partial charge >= 0.3 is 0 Å². The summed E-state index contributed by atoms with van der Waals surface area (Å²) in [7, 11) is -2.95. The fourth-order valence-electron chi connectivity index (χ4n) is 2.31. The first-order chi connectivity index (χ1) is 12.2. The molecule has 2 N–H and O–H groups in total. The summed E-state index contributed by atoms with van der Waals surface area (Å²) in [6, 6.07) is 7.88. The standard InChI is InChI=1S/C19H33N3O3S/c1-6-20-18(22-15-19(3,4)12-13-26(5,23)24)21-14-16-10-8-9-11-17(16)25-7-2/h8-11H,6-7,12-15H2,1-5H3,(H2,20,21,22). The largest absolute Gasteiger partial charge is 0.494 e. The third-order valence-electron chi connectivity index (χ3n) is 3.91. The summed E-state index contributed by atoms with van der Waals surface area (Å²) in [6.45, 7) is 10.6. The third-order valence-corrected chi connectivity index (χ3v) is 4.85. The molecule has 1 aromatic rings. The van der Waals surface area contributed by atoms with Gasteiger partial charge in [-0.05, 0) is 31.7 Å². The Kier molecular flexibility index (Phi) is 8.92. The first-order valence-electron chi connectivity index (χ1n) is 9.07. The summed E-state index contributed by atoms with van der Waals surface area (Å²) >= 11 is 0. The van der Waals surface area contributed by atoms with Crippen molar-refractivity contribution in [2.75, 3.05) is 31.7 Å². The molecule has 0 fully saturated rings. The molecule has 0 radical (unpaired) electrons. The highest BCUT2D eigenvalue weighted by atomic mass is 32.2. The summed E-state index contributed by atoms with van der Waals surface area (Å²) in [5, 5.41) is 6.55. The van der Waals surface area contributed by atoms with E-state index >= 15 is 0 Å².